The van der Waals surface area contributed by atoms with Gasteiger partial charge in [-0.15, -0.1) is 0 Å². The molecule has 3 atom stereocenters. The molecule has 14 heavy (non-hydrogen) atoms. The van der Waals surface area contributed by atoms with Gasteiger partial charge in [0, 0.05) is 25.0 Å². The van der Waals surface area contributed by atoms with Crippen molar-refractivity contribution in [1.82, 2.24) is 0 Å². The zero-order valence-corrected chi connectivity index (χ0v) is 10.4. The highest BCUT2D eigenvalue weighted by atomic mass is 79.9. The van der Waals surface area contributed by atoms with Crippen molar-refractivity contribution in [2.45, 2.75) is 43.8 Å². The lowest BCUT2D eigenvalue weighted by Crippen LogP contribution is -2.43. The Bertz CT molecular complexity index is 190. The van der Waals surface area contributed by atoms with Crippen LogP contribution in [0, 0.1) is 5.92 Å². The molecular weight excluding hydrogens is 244 g/mol. The van der Waals surface area contributed by atoms with Crippen LogP contribution in [0.4, 0.5) is 0 Å². The molecule has 0 aromatic heterocycles. The third-order valence-electron chi connectivity index (χ3n) is 3.79. The third kappa shape index (κ3) is 1.74. The van der Waals surface area contributed by atoms with E-state index >= 15 is 0 Å². The molecule has 2 nitrogen and oxygen atoms in total. The van der Waals surface area contributed by atoms with Gasteiger partial charge in [-0.2, -0.15) is 0 Å². The first-order valence-electron chi connectivity index (χ1n) is 5.55. The summed E-state index contributed by atoms with van der Waals surface area (Å²) >= 11 is 3.62. The highest BCUT2D eigenvalue weighted by molar-refractivity contribution is 9.09. The van der Waals surface area contributed by atoms with E-state index in [9.17, 15) is 0 Å². The van der Waals surface area contributed by atoms with Crippen molar-refractivity contribution in [3.05, 3.63) is 0 Å². The Morgan fingerprint density at radius 1 is 1.43 bits per heavy atom. The maximum absolute atomic E-state index is 5.98. The molecular formula is C11H19BrO2. The summed E-state index contributed by atoms with van der Waals surface area (Å²) in [5.74, 6) is 0.606. The number of hydrogen-bond donors (Lipinski definition) is 0. The SMILES string of the molecule is COC1CCCC1C1(CBr)CCCO1. The van der Waals surface area contributed by atoms with Crippen LogP contribution in [-0.4, -0.2) is 30.8 Å². The van der Waals surface area contributed by atoms with E-state index in [1.807, 2.05) is 7.11 Å². The maximum Gasteiger partial charge on any atom is 0.0832 e. The van der Waals surface area contributed by atoms with Gasteiger partial charge >= 0.3 is 0 Å². The van der Waals surface area contributed by atoms with Gasteiger partial charge in [0.15, 0.2) is 0 Å². The summed E-state index contributed by atoms with van der Waals surface area (Å²) in [7, 11) is 1.83. The molecule has 2 fully saturated rings. The second-order valence-corrected chi connectivity index (χ2v) is 5.02. The Kier molecular flexibility index (Phi) is 3.50. The van der Waals surface area contributed by atoms with E-state index in [2.05, 4.69) is 15.9 Å². The average Bonchev–Trinajstić information content (AvgIpc) is 2.86. The van der Waals surface area contributed by atoms with Gasteiger partial charge < -0.3 is 9.47 Å². The third-order valence-corrected chi connectivity index (χ3v) is 4.74. The minimum atomic E-state index is 0.0805. The molecule has 0 spiro atoms. The molecule has 2 rings (SSSR count). The molecule has 82 valence electrons. The van der Waals surface area contributed by atoms with E-state index in [0.717, 1.165) is 11.9 Å². The number of ether oxygens (including phenoxy) is 2. The topological polar surface area (TPSA) is 18.5 Å². The minimum Gasteiger partial charge on any atom is -0.381 e. The molecule has 0 radical (unpaired) electrons. The van der Waals surface area contributed by atoms with E-state index in [0.29, 0.717) is 12.0 Å². The molecule has 0 amide bonds. The molecule has 1 aliphatic carbocycles. The molecule has 0 N–H and O–H groups in total. The van der Waals surface area contributed by atoms with Crippen LogP contribution in [0.2, 0.25) is 0 Å². The quantitative estimate of drug-likeness (QED) is 0.729. The molecule has 0 aromatic rings. The Labute approximate surface area is 94.5 Å². The Balaban J connectivity index is 2.10. The van der Waals surface area contributed by atoms with Crippen molar-refractivity contribution in [3.8, 4) is 0 Å². The standard InChI is InChI=1S/C11H19BrO2/c1-13-10-5-2-4-9(10)11(8-12)6-3-7-14-11/h9-10H,2-8H2,1H3. The van der Waals surface area contributed by atoms with Crippen LogP contribution in [0.15, 0.2) is 0 Å². The van der Waals surface area contributed by atoms with Crippen molar-refractivity contribution in [1.29, 1.82) is 0 Å². The van der Waals surface area contributed by atoms with Gasteiger partial charge in [0.1, 0.15) is 0 Å². The van der Waals surface area contributed by atoms with Crippen LogP contribution in [0.5, 0.6) is 0 Å². The van der Waals surface area contributed by atoms with E-state index < -0.39 is 0 Å². The van der Waals surface area contributed by atoms with E-state index in [1.165, 1.54) is 32.1 Å². The predicted molar refractivity (Wildman–Crippen MR) is 59.8 cm³/mol. The fourth-order valence-corrected chi connectivity index (χ4v) is 3.88. The highest BCUT2D eigenvalue weighted by Gasteiger charge is 2.47. The number of halogens is 1. The minimum absolute atomic E-state index is 0.0805. The molecule has 0 aromatic carbocycles. The second kappa shape index (κ2) is 4.50. The van der Waals surface area contributed by atoms with Crippen LogP contribution in [0.1, 0.15) is 32.1 Å². The number of rotatable bonds is 3. The summed E-state index contributed by atoms with van der Waals surface area (Å²) in [5.41, 5.74) is 0.0805. The lowest BCUT2D eigenvalue weighted by molar-refractivity contribution is -0.0697. The molecule has 1 aliphatic heterocycles. The molecule has 1 saturated heterocycles. The smallest absolute Gasteiger partial charge is 0.0832 e. The van der Waals surface area contributed by atoms with E-state index in [-0.39, 0.29) is 5.60 Å². The number of hydrogen-bond acceptors (Lipinski definition) is 2. The van der Waals surface area contributed by atoms with Crippen molar-refractivity contribution >= 4 is 15.9 Å². The number of alkyl halides is 1. The predicted octanol–water partition coefficient (Wildman–Crippen LogP) is 2.75. The fourth-order valence-electron chi connectivity index (χ4n) is 3.03. The molecule has 1 heterocycles. The summed E-state index contributed by atoms with van der Waals surface area (Å²) in [4.78, 5) is 0. The zero-order valence-electron chi connectivity index (χ0n) is 8.80. The van der Waals surface area contributed by atoms with Gasteiger partial charge in [-0.25, -0.2) is 0 Å². The number of methoxy groups -OCH3 is 1. The van der Waals surface area contributed by atoms with Crippen molar-refractivity contribution < 1.29 is 9.47 Å². The van der Waals surface area contributed by atoms with Gasteiger partial charge in [0.05, 0.1) is 11.7 Å². The first-order valence-corrected chi connectivity index (χ1v) is 6.67. The van der Waals surface area contributed by atoms with Crippen LogP contribution in [0.25, 0.3) is 0 Å². The monoisotopic (exact) mass is 262 g/mol. The van der Waals surface area contributed by atoms with E-state index in [1.54, 1.807) is 0 Å². The van der Waals surface area contributed by atoms with Gasteiger partial charge in [-0.1, -0.05) is 22.4 Å². The highest BCUT2D eigenvalue weighted by Crippen LogP contribution is 2.44. The van der Waals surface area contributed by atoms with Crippen LogP contribution < -0.4 is 0 Å². The first kappa shape index (κ1) is 10.9. The molecule has 3 unspecified atom stereocenters. The molecule has 2 aliphatic rings. The second-order valence-electron chi connectivity index (χ2n) is 4.46. The summed E-state index contributed by atoms with van der Waals surface area (Å²) in [5, 5.41) is 0.963. The summed E-state index contributed by atoms with van der Waals surface area (Å²) in [6, 6.07) is 0. The largest absolute Gasteiger partial charge is 0.381 e. The molecule has 0 bridgehead atoms. The normalized spacial score (nSPS) is 43.3. The summed E-state index contributed by atoms with van der Waals surface area (Å²) in [6.45, 7) is 0.929. The first-order chi connectivity index (χ1) is 6.82. The van der Waals surface area contributed by atoms with Crippen LogP contribution in [-0.2, 0) is 9.47 Å². The average molecular weight is 263 g/mol. The van der Waals surface area contributed by atoms with E-state index in [4.69, 9.17) is 9.47 Å². The Morgan fingerprint density at radius 3 is 2.86 bits per heavy atom. The van der Waals surface area contributed by atoms with Gasteiger partial charge in [-0.05, 0) is 25.7 Å². The Hall–Kier alpha value is 0.400. The lowest BCUT2D eigenvalue weighted by Gasteiger charge is -2.36. The van der Waals surface area contributed by atoms with Crippen LogP contribution >= 0.6 is 15.9 Å². The zero-order chi connectivity index (χ0) is 10.0. The van der Waals surface area contributed by atoms with Crippen molar-refractivity contribution in [2.75, 3.05) is 19.0 Å². The Morgan fingerprint density at radius 2 is 2.29 bits per heavy atom. The summed E-state index contributed by atoms with van der Waals surface area (Å²) < 4.78 is 11.5. The molecule has 3 heteroatoms. The summed E-state index contributed by atoms with van der Waals surface area (Å²) in [6.07, 6.45) is 6.59. The maximum atomic E-state index is 5.98. The van der Waals surface area contributed by atoms with Crippen LogP contribution in [0.3, 0.4) is 0 Å². The van der Waals surface area contributed by atoms with Gasteiger partial charge in [0.2, 0.25) is 0 Å². The van der Waals surface area contributed by atoms with Gasteiger partial charge in [-0.3, -0.25) is 0 Å². The van der Waals surface area contributed by atoms with Crippen molar-refractivity contribution in [2.24, 2.45) is 5.92 Å². The molecule has 1 saturated carbocycles. The fraction of sp³-hybridized carbons (Fsp3) is 1.00. The van der Waals surface area contributed by atoms with Gasteiger partial charge in [0.25, 0.3) is 0 Å². The lowest BCUT2D eigenvalue weighted by atomic mass is 9.84. The van der Waals surface area contributed by atoms with Crippen molar-refractivity contribution in [3.63, 3.8) is 0 Å².